The highest BCUT2D eigenvalue weighted by molar-refractivity contribution is 5.59. The Kier molecular flexibility index (Phi) is 2.83. The van der Waals surface area contributed by atoms with Gasteiger partial charge in [0.1, 0.15) is 5.75 Å². The highest BCUT2D eigenvalue weighted by Crippen LogP contribution is 2.44. The Morgan fingerprint density at radius 1 is 1.12 bits per heavy atom. The van der Waals surface area contributed by atoms with Crippen LogP contribution < -0.4 is 14.2 Å². The van der Waals surface area contributed by atoms with Gasteiger partial charge in [-0.3, -0.25) is 0 Å². The molecule has 0 atom stereocenters. The van der Waals surface area contributed by atoms with Crippen LogP contribution in [0.1, 0.15) is 30.9 Å². The van der Waals surface area contributed by atoms with Gasteiger partial charge < -0.3 is 14.2 Å². The first-order valence-electron chi connectivity index (χ1n) is 6.47. The smallest absolute Gasteiger partial charge is 0.168 e. The summed E-state index contributed by atoms with van der Waals surface area (Å²) in [5.41, 5.74) is 2.50. The Labute approximate surface area is 102 Å². The molecule has 0 unspecified atom stereocenters. The van der Waals surface area contributed by atoms with Gasteiger partial charge in [0.15, 0.2) is 11.5 Å². The molecule has 0 bridgehead atoms. The monoisotopic (exact) mass is 234 g/mol. The van der Waals surface area contributed by atoms with Gasteiger partial charge in [0, 0.05) is 5.56 Å². The van der Waals surface area contributed by atoms with E-state index in [2.05, 4.69) is 6.07 Å². The van der Waals surface area contributed by atoms with Gasteiger partial charge in [-0.05, 0) is 44.2 Å². The number of hydrogen-bond acceptors (Lipinski definition) is 3. The molecule has 3 heteroatoms. The minimum absolute atomic E-state index is 0.676. The van der Waals surface area contributed by atoms with E-state index < -0.39 is 0 Å². The summed E-state index contributed by atoms with van der Waals surface area (Å²) in [5, 5.41) is 0. The predicted octanol–water partition coefficient (Wildman–Crippen LogP) is 2.74. The molecule has 2 aliphatic rings. The van der Waals surface area contributed by atoms with Crippen LogP contribution in [0.3, 0.4) is 0 Å². The summed E-state index contributed by atoms with van der Waals surface area (Å²) < 4.78 is 17.3. The van der Waals surface area contributed by atoms with Crippen LogP contribution in [0, 0.1) is 0 Å². The first-order chi connectivity index (χ1) is 8.40. The Hall–Kier alpha value is -1.38. The molecule has 2 aliphatic heterocycles. The molecular weight excluding hydrogens is 216 g/mol. The zero-order valence-corrected chi connectivity index (χ0v) is 10.3. The molecule has 3 rings (SSSR count). The van der Waals surface area contributed by atoms with Crippen LogP contribution in [0.2, 0.25) is 0 Å². The molecule has 0 radical (unpaired) electrons. The van der Waals surface area contributed by atoms with Gasteiger partial charge >= 0.3 is 0 Å². The van der Waals surface area contributed by atoms with Crippen molar-refractivity contribution in [3.05, 3.63) is 17.2 Å². The Bertz CT molecular complexity index is 426. The van der Waals surface area contributed by atoms with Crippen LogP contribution in [0.25, 0.3) is 0 Å². The average Bonchev–Trinajstić information content (AvgIpc) is 2.39. The zero-order valence-electron chi connectivity index (χ0n) is 10.3. The molecule has 2 heterocycles. The van der Waals surface area contributed by atoms with Crippen LogP contribution in [-0.2, 0) is 12.8 Å². The molecule has 3 nitrogen and oxygen atoms in total. The Morgan fingerprint density at radius 2 is 1.88 bits per heavy atom. The molecule has 1 aromatic carbocycles. The van der Waals surface area contributed by atoms with E-state index in [1.807, 2.05) is 6.92 Å². The van der Waals surface area contributed by atoms with Crippen molar-refractivity contribution in [1.82, 2.24) is 0 Å². The number of ether oxygens (including phenoxy) is 3. The summed E-state index contributed by atoms with van der Waals surface area (Å²) in [4.78, 5) is 0. The number of fused-ring (bicyclic) bond motifs is 3. The maximum absolute atomic E-state index is 5.82. The fourth-order valence-corrected chi connectivity index (χ4v) is 2.61. The predicted molar refractivity (Wildman–Crippen MR) is 65.2 cm³/mol. The third-order valence-corrected chi connectivity index (χ3v) is 3.32. The highest BCUT2D eigenvalue weighted by atomic mass is 16.5. The van der Waals surface area contributed by atoms with Crippen molar-refractivity contribution in [3.8, 4) is 17.2 Å². The van der Waals surface area contributed by atoms with Crippen LogP contribution in [-0.4, -0.2) is 19.8 Å². The largest absolute Gasteiger partial charge is 0.493 e. The Balaban J connectivity index is 2.11. The Morgan fingerprint density at radius 3 is 2.71 bits per heavy atom. The molecular formula is C14H18O3. The summed E-state index contributed by atoms with van der Waals surface area (Å²) in [6.45, 7) is 4.29. The van der Waals surface area contributed by atoms with Crippen LogP contribution in [0.5, 0.6) is 17.2 Å². The van der Waals surface area contributed by atoms with Gasteiger partial charge in [0.25, 0.3) is 0 Å². The second-order valence-electron chi connectivity index (χ2n) is 4.51. The van der Waals surface area contributed by atoms with E-state index in [9.17, 15) is 0 Å². The molecule has 0 N–H and O–H groups in total. The summed E-state index contributed by atoms with van der Waals surface area (Å²) in [6.07, 6.45) is 4.29. The maximum Gasteiger partial charge on any atom is 0.168 e. The lowest BCUT2D eigenvalue weighted by Gasteiger charge is -2.27. The molecule has 92 valence electrons. The van der Waals surface area contributed by atoms with Gasteiger partial charge in [-0.1, -0.05) is 0 Å². The van der Waals surface area contributed by atoms with Gasteiger partial charge in [0.05, 0.1) is 19.8 Å². The number of benzene rings is 1. The zero-order chi connectivity index (χ0) is 11.7. The summed E-state index contributed by atoms with van der Waals surface area (Å²) in [5.74, 6) is 2.87. The molecule has 0 saturated carbocycles. The quantitative estimate of drug-likeness (QED) is 0.787. The SMILES string of the molecule is CCOc1cc2c(c3c1OCCC3)OCCC2. The van der Waals surface area contributed by atoms with Crippen molar-refractivity contribution in [2.75, 3.05) is 19.8 Å². The maximum atomic E-state index is 5.82. The number of rotatable bonds is 2. The summed E-state index contributed by atoms with van der Waals surface area (Å²) >= 11 is 0. The number of hydrogen-bond donors (Lipinski definition) is 0. The molecule has 17 heavy (non-hydrogen) atoms. The van der Waals surface area contributed by atoms with Gasteiger partial charge in [0.2, 0.25) is 0 Å². The first kappa shape index (κ1) is 10.8. The molecule has 0 aliphatic carbocycles. The van der Waals surface area contributed by atoms with E-state index in [0.29, 0.717) is 6.61 Å². The van der Waals surface area contributed by atoms with Crippen molar-refractivity contribution in [2.24, 2.45) is 0 Å². The lowest BCUT2D eigenvalue weighted by molar-refractivity contribution is 0.240. The van der Waals surface area contributed by atoms with Crippen molar-refractivity contribution < 1.29 is 14.2 Å². The van der Waals surface area contributed by atoms with E-state index >= 15 is 0 Å². The fourth-order valence-electron chi connectivity index (χ4n) is 2.61. The second-order valence-corrected chi connectivity index (χ2v) is 4.51. The molecule has 0 saturated heterocycles. The minimum Gasteiger partial charge on any atom is -0.493 e. The van der Waals surface area contributed by atoms with Gasteiger partial charge in [-0.2, -0.15) is 0 Å². The average molecular weight is 234 g/mol. The standard InChI is InChI=1S/C14H18O3/c1-2-15-12-9-10-5-3-7-16-13(10)11-6-4-8-17-14(11)12/h9H,2-8H2,1H3. The molecule has 1 aromatic rings. The van der Waals surface area contributed by atoms with E-state index in [0.717, 1.165) is 56.1 Å². The van der Waals surface area contributed by atoms with Crippen molar-refractivity contribution in [2.45, 2.75) is 32.6 Å². The molecule has 0 fully saturated rings. The van der Waals surface area contributed by atoms with Crippen molar-refractivity contribution >= 4 is 0 Å². The fraction of sp³-hybridized carbons (Fsp3) is 0.571. The second kappa shape index (κ2) is 4.47. The minimum atomic E-state index is 0.676. The van der Waals surface area contributed by atoms with Crippen LogP contribution >= 0.6 is 0 Å². The van der Waals surface area contributed by atoms with Crippen molar-refractivity contribution in [3.63, 3.8) is 0 Å². The van der Waals surface area contributed by atoms with Crippen LogP contribution in [0.4, 0.5) is 0 Å². The van der Waals surface area contributed by atoms with E-state index in [1.165, 1.54) is 11.1 Å². The van der Waals surface area contributed by atoms with Crippen LogP contribution in [0.15, 0.2) is 6.07 Å². The number of aryl methyl sites for hydroxylation is 1. The van der Waals surface area contributed by atoms with Crippen molar-refractivity contribution in [1.29, 1.82) is 0 Å². The molecule has 0 aromatic heterocycles. The third-order valence-electron chi connectivity index (χ3n) is 3.32. The lowest BCUT2D eigenvalue weighted by Crippen LogP contribution is -2.16. The molecule has 0 spiro atoms. The third kappa shape index (κ3) is 1.84. The lowest BCUT2D eigenvalue weighted by atomic mass is 9.97. The molecule has 0 amide bonds. The summed E-state index contributed by atoms with van der Waals surface area (Å²) in [7, 11) is 0. The summed E-state index contributed by atoms with van der Waals surface area (Å²) in [6, 6.07) is 2.10. The normalized spacial score (nSPS) is 17.5. The van der Waals surface area contributed by atoms with E-state index in [-0.39, 0.29) is 0 Å². The van der Waals surface area contributed by atoms with Gasteiger partial charge in [-0.25, -0.2) is 0 Å². The first-order valence-corrected chi connectivity index (χ1v) is 6.47. The van der Waals surface area contributed by atoms with E-state index in [4.69, 9.17) is 14.2 Å². The highest BCUT2D eigenvalue weighted by Gasteiger charge is 2.25. The van der Waals surface area contributed by atoms with E-state index in [1.54, 1.807) is 0 Å². The topological polar surface area (TPSA) is 27.7 Å². The van der Waals surface area contributed by atoms with Gasteiger partial charge in [-0.15, -0.1) is 0 Å².